The monoisotopic (exact) mass is 401 g/mol. The summed E-state index contributed by atoms with van der Waals surface area (Å²) in [5.74, 6) is -1.46. The van der Waals surface area contributed by atoms with E-state index in [0.29, 0.717) is 5.56 Å². The lowest BCUT2D eigenvalue weighted by Gasteiger charge is -2.13. The molecule has 5 nitrogen and oxygen atoms in total. The molecule has 0 unspecified atom stereocenters. The minimum atomic E-state index is -4.56. The van der Waals surface area contributed by atoms with Gasteiger partial charge in [-0.1, -0.05) is 24.6 Å². The summed E-state index contributed by atoms with van der Waals surface area (Å²) in [6.07, 6.45) is -4.37. The average molecular weight is 402 g/mol. The van der Waals surface area contributed by atoms with Crippen molar-refractivity contribution in [1.82, 2.24) is 0 Å². The lowest BCUT2D eigenvalue weighted by atomic mass is 10.1. The van der Waals surface area contributed by atoms with E-state index < -0.39 is 22.7 Å². The molecular weight excluding hydrogens is 387 g/mol. The molecule has 2 rings (SSSR count). The van der Waals surface area contributed by atoms with Crippen LogP contribution in [0.4, 0.5) is 18.9 Å². The molecule has 1 amide bonds. The zero-order chi connectivity index (χ0) is 20.2. The van der Waals surface area contributed by atoms with Crippen LogP contribution in [0.25, 0.3) is 0 Å². The molecule has 0 aliphatic heterocycles. The number of carbonyl (C=O) groups excluding carboxylic acids is 1. The van der Waals surface area contributed by atoms with Gasteiger partial charge >= 0.3 is 12.1 Å². The first kappa shape index (κ1) is 20.6. The number of rotatable bonds is 6. The quantitative estimate of drug-likeness (QED) is 0.715. The van der Waals surface area contributed by atoms with Crippen molar-refractivity contribution in [1.29, 1.82) is 0 Å². The number of carboxylic acids is 1. The Morgan fingerprint density at radius 2 is 1.89 bits per heavy atom. The van der Waals surface area contributed by atoms with Crippen molar-refractivity contribution in [3.05, 3.63) is 58.1 Å². The van der Waals surface area contributed by atoms with Gasteiger partial charge in [-0.15, -0.1) is 0 Å². The van der Waals surface area contributed by atoms with Crippen LogP contribution in [0.15, 0.2) is 36.4 Å². The molecule has 0 aromatic heterocycles. The molecule has 144 valence electrons. The molecule has 0 aliphatic carbocycles. The Kier molecular flexibility index (Phi) is 6.32. The second-order valence-electron chi connectivity index (χ2n) is 5.51. The van der Waals surface area contributed by atoms with E-state index in [1.54, 1.807) is 13.0 Å². The van der Waals surface area contributed by atoms with Crippen molar-refractivity contribution in [2.75, 3.05) is 5.32 Å². The largest absolute Gasteiger partial charge is 0.489 e. The van der Waals surface area contributed by atoms with Crippen LogP contribution in [0.1, 0.15) is 34.8 Å². The Balaban J connectivity index is 2.16. The normalized spacial score (nSPS) is 11.1. The number of hydrogen-bond acceptors (Lipinski definition) is 3. The molecule has 2 aromatic rings. The number of ether oxygens (including phenoxy) is 1. The van der Waals surface area contributed by atoms with Crippen molar-refractivity contribution < 1.29 is 32.6 Å². The maximum atomic E-state index is 12.7. The summed E-state index contributed by atoms with van der Waals surface area (Å²) in [5.41, 5.74) is -0.488. The van der Waals surface area contributed by atoms with Crippen LogP contribution in [-0.4, -0.2) is 17.0 Å². The number of nitrogens with one attached hydrogen (secondary N) is 1. The van der Waals surface area contributed by atoms with Gasteiger partial charge in [0.25, 0.3) is 0 Å². The Labute approximate surface area is 157 Å². The molecule has 0 atom stereocenters. The lowest BCUT2D eigenvalue weighted by molar-refractivity contribution is -0.137. The minimum absolute atomic E-state index is 0.0933. The highest BCUT2D eigenvalue weighted by molar-refractivity contribution is 6.31. The minimum Gasteiger partial charge on any atom is -0.489 e. The molecule has 0 aliphatic rings. The Morgan fingerprint density at radius 1 is 1.19 bits per heavy atom. The van der Waals surface area contributed by atoms with Crippen molar-refractivity contribution in [2.45, 2.75) is 26.1 Å². The molecule has 0 heterocycles. The highest BCUT2D eigenvalue weighted by atomic mass is 35.5. The number of amides is 1. The fourth-order valence-electron chi connectivity index (χ4n) is 2.19. The van der Waals surface area contributed by atoms with Gasteiger partial charge in [0.05, 0.1) is 21.8 Å². The van der Waals surface area contributed by atoms with Gasteiger partial charge in [-0.25, -0.2) is 4.79 Å². The summed E-state index contributed by atoms with van der Waals surface area (Å²) >= 11 is 5.63. The van der Waals surface area contributed by atoms with Gasteiger partial charge in [-0.05, 0) is 35.9 Å². The molecule has 0 radical (unpaired) electrons. The van der Waals surface area contributed by atoms with Gasteiger partial charge in [-0.3, -0.25) is 4.79 Å². The third-order valence-corrected chi connectivity index (χ3v) is 3.87. The van der Waals surface area contributed by atoms with Gasteiger partial charge in [-0.2, -0.15) is 13.2 Å². The van der Waals surface area contributed by atoms with Crippen LogP contribution in [0.5, 0.6) is 5.75 Å². The van der Waals surface area contributed by atoms with E-state index >= 15 is 0 Å². The number of aromatic carboxylic acids is 1. The fourth-order valence-corrected chi connectivity index (χ4v) is 2.47. The fraction of sp³-hybridized carbons (Fsp3) is 0.222. The van der Waals surface area contributed by atoms with E-state index in [4.69, 9.17) is 16.3 Å². The zero-order valence-corrected chi connectivity index (χ0v) is 14.8. The first-order chi connectivity index (χ1) is 12.6. The number of anilines is 1. The number of alkyl halides is 3. The van der Waals surface area contributed by atoms with Crippen LogP contribution in [-0.2, 0) is 17.6 Å². The molecule has 2 N–H and O–H groups in total. The van der Waals surface area contributed by atoms with E-state index in [1.165, 1.54) is 12.1 Å². The maximum Gasteiger partial charge on any atom is 0.417 e. The van der Waals surface area contributed by atoms with Crippen LogP contribution in [0, 0.1) is 0 Å². The SMILES string of the molecule is CCC(=O)Nc1ccc(COc2ccc(C(F)(F)F)c(Cl)c2)cc1C(=O)O. The first-order valence-electron chi connectivity index (χ1n) is 7.77. The Morgan fingerprint density at radius 3 is 2.44 bits per heavy atom. The summed E-state index contributed by atoms with van der Waals surface area (Å²) in [5, 5.41) is 11.3. The number of halogens is 4. The smallest absolute Gasteiger partial charge is 0.417 e. The van der Waals surface area contributed by atoms with E-state index in [2.05, 4.69) is 5.32 Å². The summed E-state index contributed by atoms with van der Waals surface area (Å²) < 4.78 is 43.5. The van der Waals surface area contributed by atoms with Gasteiger partial charge in [0.15, 0.2) is 0 Å². The van der Waals surface area contributed by atoms with Crippen LogP contribution >= 0.6 is 11.6 Å². The van der Waals surface area contributed by atoms with Crippen molar-refractivity contribution >= 4 is 29.2 Å². The Hall–Kier alpha value is -2.74. The lowest BCUT2D eigenvalue weighted by Crippen LogP contribution is -2.13. The predicted octanol–water partition coefficient (Wildman–Crippen LogP) is 4.98. The van der Waals surface area contributed by atoms with Crippen LogP contribution < -0.4 is 10.1 Å². The number of carbonyl (C=O) groups is 2. The first-order valence-corrected chi connectivity index (χ1v) is 8.15. The molecule has 27 heavy (non-hydrogen) atoms. The standard InChI is InChI=1S/C18H15ClF3NO4/c1-2-16(24)23-15-6-3-10(7-12(15)17(25)26)9-27-11-4-5-13(14(19)8-11)18(20,21)22/h3-8H,2,9H2,1H3,(H,23,24)(H,25,26). The number of benzene rings is 2. The summed E-state index contributed by atoms with van der Waals surface area (Å²) in [6.45, 7) is 1.54. The second-order valence-corrected chi connectivity index (χ2v) is 5.92. The number of carboxylic acid groups (broad SMARTS) is 1. The summed E-state index contributed by atoms with van der Waals surface area (Å²) in [4.78, 5) is 22.8. The second kappa shape index (κ2) is 8.30. The third kappa shape index (κ3) is 5.37. The predicted molar refractivity (Wildman–Crippen MR) is 93.1 cm³/mol. The Bertz CT molecular complexity index is 868. The molecular formula is C18H15ClF3NO4. The average Bonchev–Trinajstić information content (AvgIpc) is 2.59. The van der Waals surface area contributed by atoms with E-state index in [9.17, 15) is 27.9 Å². The molecule has 0 saturated heterocycles. The van der Waals surface area contributed by atoms with Gasteiger partial charge in [0, 0.05) is 6.42 Å². The molecule has 0 spiro atoms. The van der Waals surface area contributed by atoms with Gasteiger partial charge in [0.2, 0.25) is 5.91 Å². The van der Waals surface area contributed by atoms with E-state index in [-0.39, 0.29) is 35.9 Å². The van der Waals surface area contributed by atoms with Crippen LogP contribution in [0.2, 0.25) is 5.02 Å². The third-order valence-electron chi connectivity index (χ3n) is 3.56. The zero-order valence-electron chi connectivity index (χ0n) is 14.1. The molecule has 0 saturated carbocycles. The van der Waals surface area contributed by atoms with Crippen LogP contribution in [0.3, 0.4) is 0 Å². The number of hydrogen-bond donors (Lipinski definition) is 2. The summed E-state index contributed by atoms with van der Waals surface area (Å²) in [6, 6.07) is 7.27. The van der Waals surface area contributed by atoms with Crippen molar-refractivity contribution in [3.63, 3.8) is 0 Å². The topological polar surface area (TPSA) is 75.6 Å². The highest BCUT2D eigenvalue weighted by Gasteiger charge is 2.33. The van der Waals surface area contributed by atoms with Gasteiger partial charge in [0.1, 0.15) is 12.4 Å². The molecule has 9 heteroatoms. The van der Waals surface area contributed by atoms with Gasteiger partial charge < -0.3 is 15.2 Å². The molecule has 0 bridgehead atoms. The highest BCUT2D eigenvalue weighted by Crippen LogP contribution is 2.36. The molecule has 0 fully saturated rings. The molecule has 2 aromatic carbocycles. The summed E-state index contributed by atoms with van der Waals surface area (Å²) in [7, 11) is 0. The van der Waals surface area contributed by atoms with E-state index in [1.807, 2.05) is 0 Å². The van der Waals surface area contributed by atoms with E-state index in [0.717, 1.165) is 18.2 Å². The van der Waals surface area contributed by atoms with Crippen molar-refractivity contribution in [2.24, 2.45) is 0 Å². The maximum absolute atomic E-state index is 12.7. The van der Waals surface area contributed by atoms with Crippen molar-refractivity contribution in [3.8, 4) is 5.75 Å².